The van der Waals surface area contributed by atoms with E-state index < -0.39 is 0 Å². The average molecular weight is 265 g/mol. The third-order valence-electron chi connectivity index (χ3n) is 3.54. The normalized spacial score (nSPS) is 16.1. The van der Waals surface area contributed by atoms with Gasteiger partial charge in [0.25, 0.3) is 0 Å². The summed E-state index contributed by atoms with van der Waals surface area (Å²) in [6.07, 6.45) is 5.37. The molecule has 0 aliphatic heterocycles. The van der Waals surface area contributed by atoms with Gasteiger partial charge < -0.3 is 10.5 Å². The average Bonchev–Trinajstić information content (AvgIpc) is 2.90. The van der Waals surface area contributed by atoms with Gasteiger partial charge in [0, 0.05) is 17.0 Å². The molecule has 0 unspecified atom stereocenters. The lowest BCUT2D eigenvalue weighted by Crippen LogP contribution is -2.11. The van der Waals surface area contributed by atoms with Crippen LogP contribution in [-0.2, 0) is 6.54 Å². The van der Waals surface area contributed by atoms with E-state index in [9.17, 15) is 0 Å². The van der Waals surface area contributed by atoms with E-state index in [-0.39, 0.29) is 0 Å². The molecule has 18 heavy (non-hydrogen) atoms. The van der Waals surface area contributed by atoms with Crippen LogP contribution < -0.4 is 10.5 Å². The molecule has 1 aliphatic rings. The second-order valence-electron chi connectivity index (χ2n) is 4.83. The summed E-state index contributed by atoms with van der Waals surface area (Å²) in [6.45, 7) is 3.58. The number of rotatable bonds is 6. The number of benzene rings is 1. The molecule has 100 valence electrons. The predicted molar refractivity (Wildman–Crippen MR) is 78.2 cm³/mol. The number of hydrogen-bond donors (Lipinski definition) is 1. The largest absolute Gasteiger partial charge is 0.493 e. The van der Waals surface area contributed by atoms with Crippen LogP contribution in [0.4, 0.5) is 0 Å². The molecular weight excluding hydrogens is 242 g/mol. The molecule has 0 aromatic heterocycles. The Labute approximate surface area is 114 Å². The highest BCUT2D eigenvalue weighted by Gasteiger charge is 2.16. The third kappa shape index (κ3) is 3.42. The highest BCUT2D eigenvalue weighted by atomic mass is 32.2. The van der Waals surface area contributed by atoms with Gasteiger partial charge in [-0.15, -0.1) is 11.8 Å². The first-order valence-corrected chi connectivity index (χ1v) is 7.91. The van der Waals surface area contributed by atoms with Crippen molar-refractivity contribution < 1.29 is 4.74 Å². The highest BCUT2D eigenvalue weighted by molar-refractivity contribution is 7.99. The van der Waals surface area contributed by atoms with Crippen LogP contribution in [-0.4, -0.2) is 12.4 Å². The summed E-state index contributed by atoms with van der Waals surface area (Å²) in [5, 5.41) is 0. The van der Waals surface area contributed by atoms with E-state index >= 15 is 0 Å². The van der Waals surface area contributed by atoms with Crippen LogP contribution >= 0.6 is 11.8 Å². The number of thioether (sulfide) groups is 1. The highest BCUT2D eigenvalue weighted by Crippen LogP contribution is 2.31. The van der Waals surface area contributed by atoms with Crippen molar-refractivity contribution in [1.29, 1.82) is 0 Å². The number of ether oxygens (including phenoxy) is 1. The summed E-state index contributed by atoms with van der Waals surface area (Å²) in [4.78, 5) is 1.27. The van der Waals surface area contributed by atoms with Crippen molar-refractivity contribution >= 4 is 11.8 Å². The third-order valence-corrected chi connectivity index (χ3v) is 4.53. The minimum atomic E-state index is 0.559. The van der Waals surface area contributed by atoms with Gasteiger partial charge in [-0.2, -0.15) is 0 Å². The van der Waals surface area contributed by atoms with E-state index in [1.165, 1.54) is 36.1 Å². The topological polar surface area (TPSA) is 35.2 Å². The van der Waals surface area contributed by atoms with Crippen molar-refractivity contribution in [3.05, 3.63) is 23.8 Å². The van der Waals surface area contributed by atoms with Gasteiger partial charge in [-0.25, -0.2) is 0 Å². The molecule has 0 heterocycles. The fourth-order valence-electron chi connectivity index (χ4n) is 2.56. The Bertz CT molecular complexity index is 375. The molecule has 2 nitrogen and oxygen atoms in total. The Kier molecular flexibility index (Phi) is 5.39. The predicted octanol–water partition coefficient (Wildman–Crippen LogP) is 3.83. The van der Waals surface area contributed by atoms with Gasteiger partial charge >= 0.3 is 0 Å². The van der Waals surface area contributed by atoms with Crippen LogP contribution in [0.25, 0.3) is 0 Å². The minimum absolute atomic E-state index is 0.559. The molecule has 1 saturated carbocycles. The molecular formula is C15H23NOS. The second kappa shape index (κ2) is 7.05. The smallest absolute Gasteiger partial charge is 0.124 e. The monoisotopic (exact) mass is 265 g/mol. The van der Waals surface area contributed by atoms with Crippen molar-refractivity contribution in [2.24, 2.45) is 11.7 Å². The molecule has 1 aromatic carbocycles. The molecule has 2 N–H and O–H groups in total. The lowest BCUT2D eigenvalue weighted by molar-refractivity contribution is 0.249. The van der Waals surface area contributed by atoms with E-state index in [0.717, 1.165) is 24.0 Å². The van der Waals surface area contributed by atoms with E-state index in [1.807, 2.05) is 11.8 Å². The van der Waals surface area contributed by atoms with Gasteiger partial charge in [0.2, 0.25) is 0 Å². The van der Waals surface area contributed by atoms with Gasteiger partial charge in [-0.3, -0.25) is 0 Å². The summed E-state index contributed by atoms with van der Waals surface area (Å²) < 4.78 is 6.01. The maximum Gasteiger partial charge on any atom is 0.124 e. The van der Waals surface area contributed by atoms with E-state index in [0.29, 0.717) is 6.54 Å². The lowest BCUT2D eigenvalue weighted by Gasteiger charge is -2.16. The Morgan fingerprint density at radius 2 is 2.11 bits per heavy atom. The summed E-state index contributed by atoms with van der Waals surface area (Å²) in [6, 6.07) is 6.26. The van der Waals surface area contributed by atoms with E-state index in [1.54, 1.807) is 0 Å². The molecule has 0 bridgehead atoms. The Hall–Kier alpha value is -0.670. The van der Waals surface area contributed by atoms with Gasteiger partial charge in [0.15, 0.2) is 0 Å². The van der Waals surface area contributed by atoms with Crippen molar-refractivity contribution in [3.8, 4) is 5.75 Å². The van der Waals surface area contributed by atoms with Crippen LogP contribution in [0, 0.1) is 5.92 Å². The first-order valence-electron chi connectivity index (χ1n) is 6.92. The first kappa shape index (κ1) is 13.8. The molecule has 0 saturated heterocycles. The minimum Gasteiger partial charge on any atom is -0.493 e. The lowest BCUT2D eigenvalue weighted by atomic mass is 10.1. The molecule has 0 radical (unpaired) electrons. The maximum absolute atomic E-state index is 6.01. The van der Waals surface area contributed by atoms with Gasteiger partial charge in [-0.1, -0.05) is 25.8 Å². The Morgan fingerprint density at radius 1 is 1.33 bits per heavy atom. The zero-order valence-electron chi connectivity index (χ0n) is 11.2. The van der Waals surface area contributed by atoms with Crippen molar-refractivity contribution in [2.75, 3.05) is 12.4 Å². The van der Waals surface area contributed by atoms with Crippen LogP contribution in [0.3, 0.4) is 0 Å². The summed E-state index contributed by atoms with van der Waals surface area (Å²) in [5.74, 6) is 2.81. The summed E-state index contributed by atoms with van der Waals surface area (Å²) in [7, 11) is 0. The molecule has 0 atom stereocenters. The van der Waals surface area contributed by atoms with Crippen LogP contribution in [0.1, 0.15) is 38.2 Å². The SMILES string of the molecule is CCSc1cccc(OCC2CCCC2)c1CN. The van der Waals surface area contributed by atoms with Crippen molar-refractivity contribution in [3.63, 3.8) is 0 Å². The fourth-order valence-corrected chi connectivity index (χ4v) is 3.40. The quantitative estimate of drug-likeness (QED) is 0.794. The van der Waals surface area contributed by atoms with Crippen LogP contribution in [0.2, 0.25) is 0 Å². The summed E-state index contributed by atoms with van der Waals surface area (Å²) >= 11 is 1.84. The van der Waals surface area contributed by atoms with Crippen LogP contribution in [0.5, 0.6) is 5.75 Å². The second-order valence-corrected chi connectivity index (χ2v) is 6.14. The zero-order valence-corrected chi connectivity index (χ0v) is 12.0. The Balaban J connectivity index is 2.03. The molecule has 3 heteroatoms. The molecule has 2 rings (SSSR count). The van der Waals surface area contributed by atoms with Crippen molar-refractivity contribution in [1.82, 2.24) is 0 Å². The molecule has 1 fully saturated rings. The molecule has 1 aliphatic carbocycles. The standard InChI is InChI=1S/C15H23NOS/c1-2-18-15-9-5-8-14(13(15)10-16)17-11-12-6-3-4-7-12/h5,8-9,12H,2-4,6-7,10-11,16H2,1H3. The number of hydrogen-bond acceptors (Lipinski definition) is 3. The van der Waals surface area contributed by atoms with E-state index in [4.69, 9.17) is 10.5 Å². The van der Waals surface area contributed by atoms with Gasteiger partial charge in [0.05, 0.1) is 6.61 Å². The van der Waals surface area contributed by atoms with Gasteiger partial charge in [0.1, 0.15) is 5.75 Å². The first-order chi connectivity index (χ1) is 8.85. The molecule has 1 aromatic rings. The van der Waals surface area contributed by atoms with Crippen molar-refractivity contribution in [2.45, 2.75) is 44.0 Å². The van der Waals surface area contributed by atoms with Crippen LogP contribution in [0.15, 0.2) is 23.1 Å². The molecule has 0 spiro atoms. The molecule has 0 amide bonds. The maximum atomic E-state index is 6.01. The van der Waals surface area contributed by atoms with E-state index in [2.05, 4.69) is 25.1 Å². The van der Waals surface area contributed by atoms with Gasteiger partial charge in [-0.05, 0) is 36.6 Å². The Morgan fingerprint density at radius 3 is 2.78 bits per heavy atom. The number of nitrogens with two attached hydrogens (primary N) is 1. The zero-order chi connectivity index (χ0) is 12.8. The fraction of sp³-hybridized carbons (Fsp3) is 0.600. The summed E-state index contributed by atoms with van der Waals surface area (Å²) in [5.41, 5.74) is 7.04.